The minimum atomic E-state index is 0.927. The van der Waals surface area contributed by atoms with Crippen LogP contribution in [0.15, 0.2) is 11.1 Å². The molecule has 0 aromatic rings. The van der Waals surface area contributed by atoms with Crippen LogP contribution >= 0.6 is 0 Å². The summed E-state index contributed by atoms with van der Waals surface area (Å²) >= 11 is 0. The molecular formula is C10H13N. The fourth-order valence-electron chi connectivity index (χ4n) is 2.34. The lowest BCUT2D eigenvalue weighted by atomic mass is 9.75. The maximum absolute atomic E-state index is 8.80. The molecule has 1 nitrogen and oxygen atoms in total. The number of hydrogen-bond acceptors (Lipinski definition) is 1. The minimum Gasteiger partial charge on any atom is -0.193 e. The van der Waals surface area contributed by atoms with E-state index >= 15 is 0 Å². The average molecular weight is 147 g/mol. The molecule has 0 saturated heterocycles. The van der Waals surface area contributed by atoms with E-state index < -0.39 is 0 Å². The van der Waals surface area contributed by atoms with Crippen molar-refractivity contribution >= 4 is 0 Å². The van der Waals surface area contributed by atoms with Crippen molar-refractivity contribution in [2.24, 2.45) is 5.92 Å². The summed E-state index contributed by atoms with van der Waals surface area (Å²) < 4.78 is 0. The van der Waals surface area contributed by atoms with Gasteiger partial charge in [0.25, 0.3) is 0 Å². The molecule has 0 heterocycles. The van der Waals surface area contributed by atoms with E-state index in [9.17, 15) is 0 Å². The van der Waals surface area contributed by atoms with Crippen molar-refractivity contribution in [3.8, 4) is 6.07 Å². The van der Waals surface area contributed by atoms with Gasteiger partial charge in [-0.1, -0.05) is 5.57 Å². The lowest BCUT2D eigenvalue weighted by Gasteiger charge is -2.29. The lowest BCUT2D eigenvalue weighted by molar-refractivity contribution is 0.371. The van der Waals surface area contributed by atoms with Crippen molar-refractivity contribution in [1.82, 2.24) is 0 Å². The molecule has 0 aromatic heterocycles. The van der Waals surface area contributed by atoms with E-state index in [-0.39, 0.29) is 0 Å². The van der Waals surface area contributed by atoms with Gasteiger partial charge in [-0.2, -0.15) is 5.26 Å². The quantitative estimate of drug-likeness (QED) is 0.517. The van der Waals surface area contributed by atoms with E-state index in [1.54, 1.807) is 0 Å². The first kappa shape index (κ1) is 6.91. The van der Waals surface area contributed by atoms with Gasteiger partial charge in [0.05, 0.1) is 6.07 Å². The van der Waals surface area contributed by atoms with Crippen LogP contribution in [0.1, 0.15) is 38.5 Å². The molecule has 58 valence electrons. The molecule has 2 bridgehead atoms. The fourth-order valence-corrected chi connectivity index (χ4v) is 2.34. The molecule has 0 N–H and O–H groups in total. The monoisotopic (exact) mass is 147 g/mol. The average Bonchev–Trinajstić information content (AvgIpc) is 2.06. The third-order valence-electron chi connectivity index (χ3n) is 2.99. The zero-order valence-electron chi connectivity index (χ0n) is 6.77. The van der Waals surface area contributed by atoms with Crippen LogP contribution in [0.2, 0.25) is 0 Å². The second-order valence-electron chi connectivity index (χ2n) is 3.69. The Labute approximate surface area is 67.7 Å². The highest BCUT2D eigenvalue weighted by Crippen LogP contribution is 2.38. The molecule has 1 saturated carbocycles. The molecule has 1 atom stereocenters. The Balaban J connectivity index is 2.25. The predicted molar refractivity (Wildman–Crippen MR) is 43.8 cm³/mol. The van der Waals surface area contributed by atoms with E-state index in [1.807, 2.05) is 0 Å². The Hall–Kier alpha value is -0.770. The first-order chi connectivity index (χ1) is 5.40. The summed E-state index contributed by atoms with van der Waals surface area (Å²) in [6.45, 7) is 0. The maximum Gasteiger partial charge on any atom is 0.0946 e. The van der Waals surface area contributed by atoms with Crippen LogP contribution in [0.3, 0.4) is 0 Å². The van der Waals surface area contributed by atoms with Gasteiger partial charge >= 0.3 is 0 Å². The number of hydrogen-bond donors (Lipinski definition) is 0. The minimum absolute atomic E-state index is 0.927. The second-order valence-corrected chi connectivity index (χ2v) is 3.69. The number of nitrogens with zero attached hydrogens (tertiary/aromatic N) is 1. The topological polar surface area (TPSA) is 23.8 Å². The maximum atomic E-state index is 8.80. The Morgan fingerprint density at radius 1 is 1.27 bits per heavy atom. The highest BCUT2D eigenvalue weighted by Gasteiger charge is 2.24. The summed E-state index contributed by atoms with van der Waals surface area (Å²) in [4.78, 5) is 0. The SMILES string of the molecule is N#CC1=C2CCCC(CC1)C2. The van der Waals surface area contributed by atoms with Crippen LogP contribution in [0.4, 0.5) is 0 Å². The van der Waals surface area contributed by atoms with Crippen molar-refractivity contribution < 1.29 is 0 Å². The van der Waals surface area contributed by atoms with Crippen LogP contribution in [0, 0.1) is 17.2 Å². The number of allylic oxidation sites excluding steroid dienone is 2. The third kappa shape index (κ3) is 1.18. The molecule has 0 spiro atoms. The molecule has 11 heavy (non-hydrogen) atoms. The highest BCUT2D eigenvalue weighted by molar-refractivity contribution is 5.31. The van der Waals surface area contributed by atoms with E-state index in [4.69, 9.17) is 5.26 Å². The van der Waals surface area contributed by atoms with Gasteiger partial charge in [0.15, 0.2) is 0 Å². The third-order valence-corrected chi connectivity index (χ3v) is 2.99. The molecule has 0 aromatic carbocycles. The molecule has 0 aliphatic heterocycles. The summed E-state index contributed by atoms with van der Waals surface area (Å²) in [6, 6.07) is 2.34. The van der Waals surface area contributed by atoms with Crippen molar-refractivity contribution in [2.45, 2.75) is 38.5 Å². The van der Waals surface area contributed by atoms with E-state index in [1.165, 1.54) is 37.7 Å². The summed E-state index contributed by atoms with van der Waals surface area (Å²) in [5.74, 6) is 0.927. The van der Waals surface area contributed by atoms with Crippen LogP contribution in [0.5, 0.6) is 0 Å². The van der Waals surface area contributed by atoms with Crippen molar-refractivity contribution in [3.63, 3.8) is 0 Å². The number of fused-ring (bicyclic) bond motifs is 2. The first-order valence-corrected chi connectivity index (χ1v) is 4.51. The summed E-state index contributed by atoms with van der Waals surface area (Å²) in [7, 11) is 0. The molecule has 1 unspecified atom stereocenters. The fraction of sp³-hybridized carbons (Fsp3) is 0.700. The standard InChI is InChI=1S/C10H13N/c11-7-10-5-4-8-2-1-3-9(10)6-8/h8H,1-6H2. The van der Waals surface area contributed by atoms with Crippen molar-refractivity contribution in [3.05, 3.63) is 11.1 Å². The van der Waals surface area contributed by atoms with Gasteiger partial charge in [0, 0.05) is 5.57 Å². The van der Waals surface area contributed by atoms with Crippen LogP contribution < -0.4 is 0 Å². The normalized spacial score (nSPS) is 29.9. The zero-order chi connectivity index (χ0) is 7.68. The molecule has 1 fully saturated rings. The Bertz CT molecular complexity index is 232. The summed E-state index contributed by atoms with van der Waals surface area (Å²) in [6.07, 6.45) is 7.51. The lowest BCUT2D eigenvalue weighted by Crippen LogP contribution is -2.14. The van der Waals surface area contributed by atoms with Gasteiger partial charge in [-0.3, -0.25) is 0 Å². The molecule has 2 aliphatic rings. The van der Waals surface area contributed by atoms with E-state index in [0.717, 1.165) is 17.9 Å². The highest BCUT2D eigenvalue weighted by atomic mass is 14.3. The van der Waals surface area contributed by atoms with Gasteiger partial charge in [-0.15, -0.1) is 0 Å². The van der Waals surface area contributed by atoms with E-state index in [0.29, 0.717) is 0 Å². The van der Waals surface area contributed by atoms with Gasteiger partial charge < -0.3 is 0 Å². The second kappa shape index (κ2) is 2.70. The summed E-state index contributed by atoms with van der Waals surface area (Å²) in [5.41, 5.74) is 2.59. The number of rotatable bonds is 0. The molecule has 0 amide bonds. The van der Waals surface area contributed by atoms with Gasteiger partial charge in [0.2, 0.25) is 0 Å². The number of nitriles is 1. The zero-order valence-corrected chi connectivity index (χ0v) is 6.77. The molecule has 2 aliphatic carbocycles. The van der Waals surface area contributed by atoms with Crippen LogP contribution in [0.25, 0.3) is 0 Å². The van der Waals surface area contributed by atoms with Crippen LogP contribution in [-0.4, -0.2) is 0 Å². The van der Waals surface area contributed by atoms with Gasteiger partial charge in [-0.05, 0) is 44.4 Å². The van der Waals surface area contributed by atoms with Crippen molar-refractivity contribution in [2.75, 3.05) is 0 Å². The molecule has 0 radical (unpaired) electrons. The largest absolute Gasteiger partial charge is 0.193 e. The Morgan fingerprint density at radius 3 is 3.00 bits per heavy atom. The molecular weight excluding hydrogens is 134 g/mol. The Kier molecular flexibility index (Phi) is 1.69. The first-order valence-electron chi connectivity index (χ1n) is 4.51. The smallest absolute Gasteiger partial charge is 0.0946 e. The Morgan fingerprint density at radius 2 is 2.18 bits per heavy atom. The summed E-state index contributed by atoms with van der Waals surface area (Å²) in [5, 5.41) is 8.80. The van der Waals surface area contributed by atoms with Gasteiger partial charge in [-0.25, -0.2) is 0 Å². The van der Waals surface area contributed by atoms with Crippen LogP contribution in [-0.2, 0) is 0 Å². The predicted octanol–water partition coefficient (Wildman–Crippen LogP) is 2.79. The van der Waals surface area contributed by atoms with Crippen molar-refractivity contribution in [1.29, 1.82) is 5.26 Å². The van der Waals surface area contributed by atoms with E-state index in [2.05, 4.69) is 6.07 Å². The van der Waals surface area contributed by atoms with Gasteiger partial charge in [0.1, 0.15) is 0 Å². The molecule has 2 rings (SSSR count). The molecule has 1 heteroatoms.